The molecule has 0 aromatic heterocycles. The Morgan fingerprint density at radius 2 is 1.88 bits per heavy atom. The van der Waals surface area contributed by atoms with Gasteiger partial charge in [-0.15, -0.1) is 5.92 Å². The molecule has 0 bridgehead atoms. The number of ketones is 1. The lowest BCUT2D eigenvalue weighted by Gasteiger charge is -2.54. The summed E-state index contributed by atoms with van der Waals surface area (Å²) in [6.07, 6.45) is 5.36. The van der Waals surface area contributed by atoms with Gasteiger partial charge in [0.15, 0.2) is 5.78 Å². The smallest absolute Gasteiger partial charge is 0.156 e. The van der Waals surface area contributed by atoms with Crippen molar-refractivity contribution in [2.45, 2.75) is 70.0 Å². The second-order valence-corrected chi connectivity index (χ2v) is 10.9. The van der Waals surface area contributed by atoms with Crippen LogP contribution in [0, 0.1) is 29.1 Å². The highest BCUT2D eigenvalue weighted by atomic mass is 16.3. The molecule has 4 heteroatoms. The van der Waals surface area contributed by atoms with Crippen LogP contribution in [0.25, 0.3) is 0 Å². The zero-order valence-corrected chi connectivity index (χ0v) is 20.2. The summed E-state index contributed by atoms with van der Waals surface area (Å²) in [5.74, 6) is 6.93. The Hall–Kier alpha value is -2.35. The minimum absolute atomic E-state index is 0.118. The van der Waals surface area contributed by atoms with Crippen molar-refractivity contribution in [2.75, 3.05) is 19.0 Å². The number of allylic oxidation sites excluding steroid dienone is 2. The molecule has 2 N–H and O–H groups in total. The Kier molecular flexibility index (Phi) is 5.34. The van der Waals surface area contributed by atoms with Gasteiger partial charge in [0, 0.05) is 37.5 Å². The van der Waals surface area contributed by atoms with Crippen molar-refractivity contribution in [1.29, 1.82) is 0 Å². The minimum atomic E-state index is -1.01. The van der Waals surface area contributed by atoms with Gasteiger partial charge in [-0.3, -0.25) is 4.79 Å². The highest BCUT2D eigenvalue weighted by Gasteiger charge is 2.63. The van der Waals surface area contributed by atoms with Crippen LogP contribution in [0.2, 0.25) is 0 Å². The lowest BCUT2D eigenvalue weighted by atomic mass is 9.51. The number of anilines is 1. The van der Waals surface area contributed by atoms with Crippen molar-refractivity contribution in [3.05, 3.63) is 52.6 Å². The van der Waals surface area contributed by atoms with Gasteiger partial charge < -0.3 is 15.1 Å². The van der Waals surface area contributed by atoms with Gasteiger partial charge in [-0.1, -0.05) is 30.6 Å². The first-order valence-electron chi connectivity index (χ1n) is 12.3. The molecule has 5 rings (SSSR count). The molecular weight excluding hydrogens is 410 g/mol. The first-order valence-corrected chi connectivity index (χ1v) is 12.3. The van der Waals surface area contributed by atoms with Gasteiger partial charge in [0.1, 0.15) is 5.60 Å². The van der Waals surface area contributed by atoms with Gasteiger partial charge in [0.05, 0.1) is 6.10 Å². The molecule has 4 nitrogen and oxygen atoms in total. The highest BCUT2D eigenvalue weighted by Crippen LogP contribution is 2.66. The summed E-state index contributed by atoms with van der Waals surface area (Å²) in [6, 6.07) is 8.76. The van der Waals surface area contributed by atoms with Crippen LogP contribution < -0.4 is 4.90 Å². The summed E-state index contributed by atoms with van der Waals surface area (Å²) < 4.78 is 0. The molecular formula is C29H35NO3. The van der Waals surface area contributed by atoms with E-state index in [4.69, 9.17) is 0 Å². The standard InChI is InChI=1S/C29H35NO3/c1-5-13-29(33)14-12-25-23-16-26(32)22-15-20(31)10-11-21(22)27(23)24(17-28(25,29)2)18-6-8-19(9-7-18)30(3)4/h6-9,15,23-26,32-33H,10-12,14,16-17H2,1-4H3/t23-,24+,25-,26+,28-,29-/m0/s1. The van der Waals surface area contributed by atoms with Crippen LogP contribution in [0.3, 0.4) is 0 Å². The molecule has 174 valence electrons. The average molecular weight is 446 g/mol. The van der Waals surface area contributed by atoms with Gasteiger partial charge in [0.2, 0.25) is 0 Å². The maximum atomic E-state index is 12.2. The van der Waals surface area contributed by atoms with E-state index in [0.29, 0.717) is 25.7 Å². The third-order valence-corrected chi connectivity index (χ3v) is 9.08. The third-order valence-electron chi connectivity index (χ3n) is 9.08. The second kappa shape index (κ2) is 7.86. The average Bonchev–Trinajstić information content (AvgIpc) is 3.04. The van der Waals surface area contributed by atoms with Crippen LogP contribution in [0.4, 0.5) is 5.69 Å². The molecule has 1 aromatic rings. The van der Waals surface area contributed by atoms with E-state index in [-0.39, 0.29) is 29.0 Å². The van der Waals surface area contributed by atoms with E-state index in [9.17, 15) is 15.0 Å². The van der Waals surface area contributed by atoms with Crippen LogP contribution in [-0.2, 0) is 4.79 Å². The van der Waals surface area contributed by atoms with E-state index in [2.05, 4.69) is 47.9 Å². The molecule has 0 spiro atoms. The second-order valence-electron chi connectivity index (χ2n) is 10.9. The van der Waals surface area contributed by atoms with Crippen molar-refractivity contribution < 1.29 is 15.0 Å². The van der Waals surface area contributed by atoms with Crippen molar-refractivity contribution in [3.63, 3.8) is 0 Å². The molecule has 1 aromatic carbocycles. The van der Waals surface area contributed by atoms with Crippen molar-refractivity contribution in [3.8, 4) is 11.8 Å². The van der Waals surface area contributed by atoms with E-state index in [1.165, 1.54) is 16.7 Å². The van der Waals surface area contributed by atoms with Crippen molar-refractivity contribution >= 4 is 11.5 Å². The Bertz CT molecular complexity index is 1100. The Labute approximate surface area is 197 Å². The summed E-state index contributed by atoms with van der Waals surface area (Å²) in [5.41, 5.74) is 4.52. The van der Waals surface area contributed by atoms with Crippen LogP contribution in [0.15, 0.2) is 47.1 Å². The van der Waals surface area contributed by atoms with E-state index in [1.54, 1.807) is 6.08 Å². The predicted octanol–water partition coefficient (Wildman–Crippen LogP) is 4.38. The first-order chi connectivity index (χ1) is 15.7. The van der Waals surface area contributed by atoms with E-state index in [1.807, 2.05) is 21.0 Å². The largest absolute Gasteiger partial charge is 0.388 e. The lowest BCUT2D eigenvalue weighted by Crippen LogP contribution is -2.52. The maximum Gasteiger partial charge on any atom is 0.156 e. The Morgan fingerprint density at radius 3 is 2.55 bits per heavy atom. The molecule has 0 heterocycles. The number of carbonyl (C=O) groups excluding carboxylic acids is 1. The van der Waals surface area contributed by atoms with E-state index in [0.717, 1.165) is 24.1 Å². The number of rotatable bonds is 2. The fourth-order valence-electron chi connectivity index (χ4n) is 7.39. The molecule has 2 fully saturated rings. The topological polar surface area (TPSA) is 60.8 Å². The maximum absolute atomic E-state index is 12.2. The molecule has 2 saturated carbocycles. The molecule has 6 atom stereocenters. The van der Waals surface area contributed by atoms with Gasteiger partial charge in [0.25, 0.3) is 0 Å². The molecule has 0 saturated heterocycles. The van der Waals surface area contributed by atoms with E-state index < -0.39 is 11.7 Å². The summed E-state index contributed by atoms with van der Waals surface area (Å²) in [4.78, 5) is 14.3. The molecule has 0 amide bonds. The molecule has 33 heavy (non-hydrogen) atoms. The number of nitrogens with zero attached hydrogens (tertiary/aromatic N) is 1. The summed E-state index contributed by atoms with van der Waals surface area (Å²) >= 11 is 0. The van der Waals surface area contributed by atoms with Gasteiger partial charge in [-0.2, -0.15) is 0 Å². The van der Waals surface area contributed by atoms with Gasteiger partial charge >= 0.3 is 0 Å². The SMILES string of the molecule is CC#C[C@]1(O)CC[C@H]2[C@@H]3C[C@@H](O)C4=CC(=O)CCC4=C3[C@@H](c3ccc(N(C)C)cc3)C[C@@]21C. The molecule has 4 aliphatic rings. The van der Waals surface area contributed by atoms with Crippen LogP contribution in [0.5, 0.6) is 0 Å². The number of hydrogen-bond acceptors (Lipinski definition) is 4. The predicted molar refractivity (Wildman–Crippen MR) is 131 cm³/mol. The van der Waals surface area contributed by atoms with Crippen LogP contribution in [-0.4, -0.2) is 41.8 Å². The number of carbonyl (C=O) groups is 1. The minimum Gasteiger partial charge on any atom is -0.388 e. The van der Waals surface area contributed by atoms with Gasteiger partial charge in [-0.25, -0.2) is 0 Å². The molecule has 0 radical (unpaired) electrons. The molecule has 4 aliphatic carbocycles. The highest BCUT2D eigenvalue weighted by molar-refractivity contribution is 5.93. The van der Waals surface area contributed by atoms with E-state index >= 15 is 0 Å². The summed E-state index contributed by atoms with van der Waals surface area (Å²) in [5, 5.41) is 22.8. The normalized spacial score (nSPS) is 37.4. The molecule has 0 unspecified atom stereocenters. The molecule has 0 aliphatic heterocycles. The summed E-state index contributed by atoms with van der Waals surface area (Å²) in [7, 11) is 4.09. The van der Waals surface area contributed by atoms with Crippen molar-refractivity contribution in [2.24, 2.45) is 17.3 Å². The fourth-order valence-corrected chi connectivity index (χ4v) is 7.39. The van der Waals surface area contributed by atoms with Gasteiger partial charge in [-0.05, 0) is 85.8 Å². The summed E-state index contributed by atoms with van der Waals surface area (Å²) in [6.45, 7) is 4.03. The number of hydrogen-bond donors (Lipinski definition) is 2. The number of benzene rings is 1. The quantitative estimate of drug-likeness (QED) is 0.664. The zero-order chi connectivity index (χ0) is 23.5. The van der Waals surface area contributed by atoms with Crippen molar-refractivity contribution in [1.82, 2.24) is 0 Å². The lowest BCUT2D eigenvalue weighted by molar-refractivity contribution is -0.115. The zero-order valence-electron chi connectivity index (χ0n) is 20.2. The monoisotopic (exact) mass is 445 g/mol. The van der Waals surface area contributed by atoms with Crippen LogP contribution >= 0.6 is 0 Å². The van der Waals surface area contributed by atoms with Crippen LogP contribution in [0.1, 0.15) is 63.9 Å². The number of fused-ring (bicyclic) bond motifs is 4. The first kappa shape index (κ1) is 22.4. The number of aliphatic hydroxyl groups excluding tert-OH is 1. The third kappa shape index (κ3) is 3.32. The number of aliphatic hydroxyl groups is 2. The Balaban J connectivity index is 1.69. The Morgan fingerprint density at radius 1 is 1.15 bits per heavy atom. The fraction of sp³-hybridized carbons (Fsp3) is 0.552.